The van der Waals surface area contributed by atoms with Crippen LogP contribution in [-0.2, 0) is 4.79 Å². The highest BCUT2D eigenvalue weighted by molar-refractivity contribution is 9.10. The second kappa shape index (κ2) is 5.28. The van der Waals surface area contributed by atoms with E-state index >= 15 is 0 Å². The molecule has 0 N–H and O–H groups in total. The van der Waals surface area contributed by atoms with E-state index in [9.17, 15) is 13.6 Å². The summed E-state index contributed by atoms with van der Waals surface area (Å²) in [4.78, 5) is 12.8. The minimum atomic E-state index is -3.61. The third kappa shape index (κ3) is 2.84. The van der Waals surface area contributed by atoms with Crippen molar-refractivity contribution in [3.8, 4) is 5.69 Å². The van der Waals surface area contributed by atoms with Gasteiger partial charge in [0.25, 0.3) is 0 Å². The maximum Gasteiger partial charge on any atom is 0.378 e. The summed E-state index contributed by atoms with van der Waals surface area (Å²) in [6.45, 7) is 1.64. The van der Waals surface area contributed by atoms with Crippen molar-refractivity contribution in [3.63, 3.8) is 0 Å². The van der Waals surface area contributed by atoms with E-state index in [0.29, 0.717) is 17.1 Å². The molecule has 0 aromatic carbocycles. The van der Waals surface area contributed by atoms with E-state index in [1.54, 1.807) is 31.5 Å². The molecule has 0 aliphatic heterocycles. The molecule has 2 aromatic rings. The SMILES string of the molecule is Cc1nn(-c2cccnc2)cc1N(C)C(=O)C(F)(F)Br. The smallest absolute Gasteiger partial charge is 0.306 e. The van der Waals surface area contributed by atoms with Crippen LogP contribution in [0.5, 0.6) is 0 Å². The Hall–Kier alpha value is -1.83. The molecule has 0 atom stereocenters. The number of amides is 1. The predicted octanol–water partition coefficient (Wildman–Crippen LogP) is 2.53. The fourth-order valence-corrected chi connectivity index (χ4v) is 1.97. The molecule has 0 saturated carbocycles. The number of anilines is 1. The third-order valence-electron chi connectivity index (χ3n) is 2.69. The number of rotatable bonds is 3. The highest BCUT2D eigenvalue weighted by atomic mass is 79.9. The number of pyridine rings is 1. The molecule has 0 aliphatic carbocycles. The van der Waals surface area contributed by atoms with Gasteiger partial charge in [0.15, 0.2) is 0 Å². The maximum absolute atomic E-state index is 13.0. The number of hydrogen-bond acceptors (Lipinski definition) is 3. The van der Waals surface area contributed by atoms with Crippen molar-refractivity contribution >= 4 is 27.5 Å². The van der Waals surface area contributed by atoms with E-state index < -0.39 is 10.7 Å². The Morgan fingerprint density at radius 1 is 1.50 bits per heavy atom. The molecule has 0 unspecified atom stereocenters. The Kier molecular flexibility index (Phi) is 3.85. The summed E-state index contributed by atoms with van der Waals surface area (Å²) in [6, 6.07) is 3.50. The van der Waals surface area contributed by atoms with Crippen LogP contribution < -0.4 is 4.90 Å². The normalized spacial score (nSPS) is 11.4. The topological polar surface area (TPSA) is 51.0 Å². The summed E-state index contributed by atoms with van der Waals surface area (Å²) in [5, 5.41) is 4.19. The van der Waals surface area contributed by atoms with Crippen LogP contribution >= 0.6 is 15.9 Å². The van der Waals surface area contributed by atoms with Crippen LogP contribution in [0, 0.1) is 6.92 Å². The molecule has 8 heteroatoms. The van der Waals surface area contributed by atoms with E-state index in [1.165, 1.54) is 17.9 Å². The molecule has 0 saturated heterocycles. The van der Waals surface area contributed by atoms with Crippen molar-refractivity contribution in [2.45, 2.75) is 11.8 Å². The zero-order valence-corrected chi connectivity index (χ0v) is 12.3. The van der Waals surface area contributed by atoms with Gasteiger partial charge in [-0.25, -0.2) is 4.68 Å². The molecule has 0 fully saturated rings. The highest BCUT2D eigenvalue weighted by Crippen LogP contribution is 2.28. The molecule has 0 radical (unpaired) electrons. The van der Waals surface area contributed by atoms with Crippen molar-refractivity contribution in [3.05, 3.63) is 36.4 Å². The highest BCUT2D eigenvalue weighted by Gasteiger charge is 2.39. The molecular weight excluding hydrogens is 334 g/mol. The number of halogens is 3. The van der Waals surface area contributed by atoms with Gasteiger partial charge < -0.3 is 4.90 Å². The van der Waals surface area contributed by atoms with Crippen molar-refractivity contribution in [2.75, 3.05) is 11.9 Å². The standard InChI is InChI=1S/C12H11BrF2N4O/c1-8-10(18(2)11(20)12(13,14)15)7-19(17-8)9-4-3-5-16-6-9/h3-7H,1-2H3. The number of nitrogens with zero attached hydrogens (tertiary/aromatic N) is 4. The van der Waals surface area contributed by atoms with Gasteiger partial charge in [0.05, 0.1) is 29.5 Å². The molecule has 1 amide bonds. The lowest BCUT2D eigenvalue weighted by Crippen LogP contribution is -2.37. The number of carbonyl (C=O) groups excluding carboxylic acids is 1. The number of aromatic nitrogens is 3. The Morgan fingerprint density at radius 2 is 2.20 bits per heavy atom. The van der Waals surface area contributed by atoms with Gasteiger partial charge in [-0.1, -0.05) is 0 Å². The summed E-state index contributed by atoms with van der Waals surface area (Å²) >= 11 is 2.06. The molecule has 0 spiro atoms. The Bertz CT molecular complexity index is 624. The van der Waals surface area contributed by atoms with Crippen molar-refractivity contribution in [2.24, 2.45) is 0 Å². The van der Waals surface area contributed by atoms with E-state index in [4.69, 9.17) is 0 Å². The lowest BCUT2D eigenvalue weighted by molar-refractivity contribution is -0.131. The largest absolute Gasteiger partial charge is 0.378 e. The summed E-state index contributed by atoms with van der Waals surface area (Å²) in [6.07, 6.45) is 4.70. The van der Waals surface area contributed by atoms with Crippen LogP contribution in [-0.4, -0.2) is 32.6 Å². The maximum atomic E-state index is 13.0. The minimum Gasteiger partial charge on any atom is -0.306 e. The average Bonchev–Trinajstić information content (AvgIpc) is 2.79. The molecular formula is C12H11BrF2N4O. The first kappa shape index (κ1) is 14.6. The van der Waals surface area contributed by atoms with Gasteiger partial charge in [-0.3, -0.25) is 9.78 Å². The van der Waals surface area contributed by atoms with E-state index in [2.05, 4.69) is 26.0 Å². The fraction of sp³-hybridized carbons (Fsp3) is 0.250. The van der Waals surface area contributed by atoms with Crippen LogP contribution in [0.1, 0.15) is 5.69 Å². The monoisotopic (exact) mass is 344 g/mol. The molecule has 0 bridgehead atoms. The summed E-state index contributed by atoms with van der Waals surface area (Å²) in [5.41, 5.74) is 1.44. The molecule has 2 rings (SSSR count). The van der Waals surface area contributed by atoms with Gasteiger partial charge in [-0.2, -0.15) is 13.9 Å². The first-order valence-corrected chi connectivity index (χ1v) is 6.41. The van der Waals surface area contributed by atoms with Gasteiger partial charge in [0.2, 0.25) is 0 Å². The predicted molar refractivity (Wildman–Crippen MR) is 73.4 cm³/mol. The second-order valence-corrected chi connectivity index (χ2v) is 5.11. The Balaban J connectivity index is 2.36. The number of aryl methyl sites for hydroxylation is 1. The first-order chi connectivity index (χ1) is 9.30. The lowest BCUT2D eigenvalue weighted by atomic mass is 10.3. The first-order valence-electron chi connectivity index (χ1n) is 5.62. The Morgan fingerprint density at radius 3 is 2.75 bits per heavy atom. The number of carbonyl (C=O) groups is 1. The molecule has 2 aromatic heterocycles. The van der Waals surface area contributed by atoms with E-state index in [-0.39, 0.29) is 0 Å². The van der Waals surface area contributed by atoms with Crippen LogP contribution in [0.2, 0.25) is 0 Å². The lowest BCUT2D eigenvalue weighted by Gasteiger charge is -2.18. The van der Waals surface area contributed by atoms with Gasteiger partial charge in [0.1, 0.15) is 0 Å². The molecule has 5 nitrogen and oxygen atoms in total. The second-order valence-electron chi connectivity index (χ2n) is 4.12. The van der Waals surface area contributed by atoms with Crippen molar-refractivity contribution < 1.29 is 13.6 Å². The summed E-state index contributed by atoms with van der Waals surface area (Å²) in [7, 11) is 1.27. The van der Waals surface area contributed by atoms with Crippen molar-refractivity contribution in [1.82, 2.24) is 14.8 Å². The fourth-order valence-electron chi connectivity index (χ4n) is 1.70. The molecule has 106 valence electrons. The minimum absolute atomic E-state index is 0.304. The molecule has 0 aliphatic rings. The van der Waals surface area contributed by atoms with Gasteiger partial charge >= 0.3 is 10.7 Å². The molecule has 2 heterocycles. The summed E-state index contributed by atoms with van der Waals surface area (Å²) < 4.78 is 27.5. The van der Waals surface area contributed by atoms with Gasteiger partial charge in [0, 0.05) is 29.2 Å². The number of hydrogen-bond donors (Lipinski definition) is 0. The number of alkyl halides is 3. The molecule has 20 heavy (non-hydrogen) atoms. The Labute approximate surface area is 122 Å². The van der Waals surface area contributed by atoms with E-state index in [1.807, 2.05) is 0 Å². The van der Waals surface area contributed by atoms with E-state index in [0.717, 1.165) is 4.90 Å². The zero-order chi connectivity index (χ0) is 14.9. The third-order valence-corrected chi connectivity index (χ3v) is 3.03. The zero-order valence-electron chi connectivity index (χ0n) is 10.7. The van der Waals surface area contributed by atoms with Crippen LogP contribution in [0.15, 0.2) is 30.7 Å². The van der Waals surface area contributed by atoms with Crippen LogP contribution in [0.25, 0.3) is 5.69 Å². The average molecular weight is 345 g/mol. The van der Waals surface area contributed by atoms with Gasteiger partial charge in [-0.15, -0.1) is 0 Å². The van der Waals surface area contributed by atoms with Crippen LogP contribution in [0.3, 0.4) is 0 Å². The van der Waals surface area contributed by atoms with Gasteiger partial charge in [-0.05, 0) is 19.1 Å². The summed E-state index contributed by atoms with van der Waals surface area (Å²) in [5.74, 6) is -1.36. The van der Waals surface area contributed by atoms with Crippen LogP contribution in [0.4, 0.5) is 14.5 Å². The van der Waals surface area contributed by atoms with Crippen molar-refractivity contribution in [1.29, 1.82) is 0 Å². The quantitative estimate of drug-likeness (QED) is 0.804.